The zero-order chi connectivity index (χ0) is 19.9. The van der Waals surface area contributed by atoms with Gasteiger partial charge in [-0.25, -0.2) is 13.1 Å². The summed E-state index contributed by atoms with van der Waals surface area (Å²) in [7, 11) is -2.25. The van der Waals surface area contributed by atoms with Crippen molar-refractivity contribution < 1.29 is 22.7 Å². The Bertz CT molecular complexity index is 911. The highest BCUT2D eigenvalue weighted by Gasteiger charge is 2.15. The van der Waals surface area contributed by atoms with Crippen LogP contribution in [0.5, 0.6) is 5.75 Å². The van der Waals surface area contributed by atoms with Gasteiger partial charge in [0.25, 0.3) is 5.91 Å². The summed E-state index contributed by atoms with van der Waals surface area (Å²) >= 11 is 0. The summed E-state index contributed by atoms with van der Waals surface area (Å²) in [6.45, 7) is 1.67. The second-order valence-electron chi connectivity index (χ2n) is 5.64. The zero-order valence-corrected chi connectivity index (χ0v) is 15.8. The molecule has 0 aliphatic carbocycles. The van der Waals surface area contributed by atoms with Crippen LogP contribution in [0.3, 0.4) is 0 Å². The van der Waals surface area contributed by atoms with Crippen molar-refractivity contribution >= 4 is 21.8 Å². The standard InChI is InChI=1S/C18H21N3O5S/c1-13-5-3-4-6-16(13)18(23)21-20-17(22)11-12-19-27(24,25)15-9-7-14(26-2)8-10-15/h3-10,19H,11-12H2,1-2H3,(H,20,22)(H,21,23). The molecule has 0 radical (unpaired) electrons. The predicted molar refractivity (Wildman–Crippen MR) is 99.6 cm³/mol. The fraction of sp³-hybridized carbons (Fsp3) is 0.222. The average molecular weight is 391 g/mol. The van der Waals surface area contributed by atoms with Gasteiger partial charge < -0.3 is 4.74 Å². The van der Waals surface area contributed by atoms with E-state index < -0.39 is 21.8 Å². The third kappa shape index (κ3) is 5.80. The molecule has 0 saturated heterocycles. The molecule has 0 aromatic heterocycles. The summed E-state index contributed by atoms with van der Waals surface area (Å²) in [5.41, 5.74) is 5.78. The number of rotatable bonds is 7. The zero-order valence-electron chi connectivity index (χ0n) is 15.0. The number of amides is 2. The minimum Gasteiger partial charge on any atom is -0.497 e. The van der Waals surface area contributed by atoms with Crippen LogP contribution in [-0.2, 0) is 14.8 Å². The maximum atomic E-state index is 12.1. The first-order valence-electron chi connectivity index (χ1n) is 8.12. The van der Waals surface area contributed by atoms with Crippen LogP contribution in [0.2, 0.25) is 0 Å². The van der Waals surface area contributed by atoms with Crippen LogP contribution in [-0.4, -0.2) is 33.9 Å². The number of hydrazine groups is 1. The third-order valence-electron chi connectivity index (χ3n) is 3.72. The van der Waals surface area contributed by atoms with E-state index in [9.17, 15) is 18.0 Å². The molecule has 0 saturated carbocycles. The second kappa shape index (κ2) is 9.15. The monoisotopic (exact) mass is 391 g/mol. The van der Waals surface area contributed by atoms with Crippen LogP contribution in [0, 0.1) is 6.92 Å². The molecule has 0 aliphatic heterocycles. The van der Waals surface area contributed by atoms with Crippen LogP contribution in [0.4, 0.5) is 0 Å². The van der Waals surface area contributed by atoms with Crippen LogP contribution in [0.15, 0.2) is 53.4 Å². The highest BCUT2D eigenvalue weighted by atomic mass is 32.2. The molecule has 0 heterocycles. The largest absolute Gasteiger partial charge is 0.497 e. The molecule has 2 aromatic carbocycles. The van der Waals surface area contributed by atoms with E-state index in [1.807, 2.05) is 0 Å². The van der Waals surface area contributed by atoms with Crippen molar-refractivity contribution in [3.05, 3.63) is 59.7 Å². The lowest BCUT2D eigenvalue weighted by Crippen LogP contribution is -2.43. The summed E-state index contributed by atoms with van der Waals surface area (Å²) in [5, 5.41) is 0. The molecule has 3 N–H and O–H groups in total. The van der Waals surface area contributed by atoms with Crippen LogP contribution < -0.4 is 20.3 Å². The third-order valence-corrected chi connectivity index (χ3v) is 5.20. The van der Waals surface area contributed by atoms with E-state index in [2.05, 4.69) is 15.6 Å². The Hall–Kier alpha value is -2.91. The lowest BCUT2D eigenvalue weighted by molar-refractivity contribution is -0.121. The normalized spacial score (nSPS) is 10.9. The molecule has 2 aromatic rings. The van der Waals surface area contributed by atoms with Gasteiger partial charge in [-0.1, -0.05) is 18.2 Å². The molecular weight excluding hydrogens is 370 g/mol. The number of carbonyl (C=O) groups is 2. The van der Waals surface area contributed by atoms with Gasteiger partial charge in [-0.05, 0) is 42.8 Å². The summed E-state index contributed by atoms with van der Waals surface area (Å²) in [4.78, 5) is 23.9. The maximum Gasteiger partial charge on any atom is 0.269 e. The van der Waals surface area contributed by atoms with Crippen molar-refractivity contribution in [2.75, 3.05) is 13.7 Å². The van der Waals surface area contributed by atoms with Gasteiger partial charge in [-0.3, -0.25) is 20.4 Å². The van der Waals surface area contributed by atoms with Crippen molar-refractivity contribution in [1.29, 1.82) is 0 Å². The quantitative estimate of drug-likeness (QED) is 0.613. The van der Waals surface area contributed by atoms with E-state index in [0.29, 0.717) is 11.3 Å². The fourth-order valence-corrected chi connectivity index (χ4v) is 3.25. The molecule has 144 valence electrons. The molecule has 2 rings (SSSR count). The number of aryl methyl sites for hydroxylation is 1. The van der Waals surface area contributed by atoms with E-state index >= 15 is 0 Å². The van der Waals surface area contributed by atoms with Gasteiger partial charge in [-0.2, -0.15) is 0 Å². The molecule has 0 fully saturated rings. The van der Waals surface area contributed by atoms with Gasteiger partial charge in [0, 0.05) is 18.5 Å². The summed E-state index contributed by atoms with van der Waals surface area (Å²) < 4.78 is 31.6. The number of sulfonamides is 1. The molecule has 0 aliphatic rings. The highest BCUT2D eigenvalue weighted by Crippen LogP contribution is 2.15. The number of nitrogens with one attached hydrogen (secondary N) is 3. The lowest BCUT2D eigenvalue weighted by atomic mass is 10.1. The molecule has 2 amide bonds. The molecular formula is C18H21N3O5S. The molecule has 8 nitrogen and oxygen atoms in total. The SMILES string of the molecule is COc1ccc(S(=O)(=O)NCCC(=O)NNC(=O)c2ccccc2C)cc1. The predicted octanol–water partition coefficient (Wildman–Crippen LogP) is 1.13. The number of methoxy groups -OCH3 is 1. The Morgan fingerprint density at radius 1 is 1.00 bits per heavy atom. The van der Waals surface area contributed by atoms with E-state index in [1.165, 1.54) is 31.4 Å². The Labute approximate surface area is 157 Å². The van der Waals surface area contributed by atoms with E-state index in [0.717, 1.165) is 5.56 Å². The van der Waals surface area contributed by atoms with Gasteiger partial charge in [0.15, 0.2) is 0 Å². The molecule has 27 heavy (non-hydrogen) atoms. The van der Waals surface area contributed by atoms with Crippen molar-refractivity contribution in [3.8, 4) is 5.75 Å². The van der Waals surface area contributed by atoms with Crippen LogP contribution in [0.1, 0.15) is 22.3 Å². The highest BCUT2D eigenvalue weighted by molar-refractivity contribution is 7.89. The first kappa shape index (κ1) is 20.4. The minimum atomic E-state index is -3.73. The molecule has 9 heteroatoms. The Kier molecular flexibility index (Phi) is 6.91. The topological polar surface area (TPSA) is 114 Å². The first-order chi connectivity index (χ1) is 12.8. The summed E-state index contributed by atoms with van der Waals surface area (Å²) in [5.74, 6) is -0.424. The van der Waals surface area contributed by atoms with Crippen molar-refractivity contribution in [2.24, 2.45) is 0 Å². The van der Waals surface area contributed by atoms with Gasteiger partial charge in [0.2, 0.25) is 15.9 Å². The van der Waals surface area contributed by atoms with Crippen molar-refractivity contribution in [1.82, 2.24) is 15.6 Å². The summed E-state index contributed by atoms with van der Waals surface area (Å²) in [6, 6.07) is 12.8. The van der Waals surface area contributed by atoms with Crippen LogP contribution in [0.25, 0.3) is 0 Å². The Morgan fingerprint density at radius 3 is 2.30 bits per heavy atom. The number of hydrogen-bond donors (Lipinski definition) is 3. The Morgan fingerprint density at radius 2 is 1.67 bits per heavy atom. The molecule has 0 atom stereocenters. The number of ether oxygens (including phenoxy) is 1. The molecule has 0 unspecified atom stereocenters. The van der Waals surface area contributed by atoms with Gasteiger partial charge >= 0.3 is 0 Å². The fourth-order valence-electron chi connectivity index (χ4n) is 2.22. The van der Waals surface area contributed by atoms with Gasteiger partial charge in [0.05, 0.1) is 12.0 Å². The van der Waals surface area contributed by atoms with Crippen molar-refractivity contribution in [3.63, 3.8) is 0 Å². The second-order valence-corrected chi connectivity index (χ2v) is 7.41. The van der Waals surface area contributed by atoms with E-state index in [4.69, 9.17) is 4.74 Å². The smallest absolute Gasteiger partial charge is 0.269 e. The maximum absolute atomic E-state index is 12.1. The lowest BCUT2D eigenvalue weighted by Gasteiger charge is -2.10. The number of carbonyl (C=O) groups excluding carboxylic acids is 2. The number of benzene rings is 2. The first-order valence-corrected chi connectivity index (χ1v) is 9.60. The van der Waals surface area contributed by atoms with E-state index in [1.54, 1.807) is 31.2 Å². The van der Waals surface area contributed by atoms with E-state index in [-0.39, 0.29) is 17.9 Å². The van der Waals surface area contributed by atoms with Gasteiger partial charge in [-0.15, -0.1) is 0 Å². The molecule has 0 spiro atoms. The summed E-state index contributed by atoms with van der Waals surface area (Å²) in [6.07, 6.45) is -0.135. The van der Waals surface area contributed by atoms with Crippen LogP contribution >= 0.6 is 0 Å². The Balaban J connectivity index is 1.79. The number of hydrogen-bond acceptors (Lipinski definition) is 5. The van der Waals surface area contributed by atoms with Gasteiger partial charge in [0.1, 0.15) is 5.75 Å². The average Bonchev–Trinajstić information content (AvgIpc) is 2.66. The minimum absolute atomic E-state index is 0.0663. The molecule has 0 bridgehead atoms. The van der Waals surface area contributed by atoms with Crippen molar-refractivity contribution in [2.45, 2.75) is 18.2 Å².